The van der Waals surface area contributed by atoms with E-state index in [-0.39, 0.29) is 35.4 Å². The molecule has 0 fully saturated rings. The molecule has 3 heterocycles. The van der Waals surface area contributed by atoms with Gasteiger partial charge in [0.2, 0.25) is 11.1 Å². The summed E-state index contributed by atoms with van der Waals surface area (Å²) in [4.78, 5) is 30.6. The molecule has 5 rings (SSSR count). The maximum absolute atomic E-state index is 13.7. The van der Waals surface area contributed by atoms with E-state index in [1.54, 1.807) is 28.8 Å². The number of hydrogen-bond acceptors (Lipinski definition) is 7. The Hall–Kier alpha value is -3.92. The number of para-hydroxylation sites is 2. The number of thioether (sulfide) groups is 1. The zero-order chi connectivity index (χ0) is 24.4. The van der Waals surface area contributed by atoms with E-state index in [0.29, 0.717) is 11.6 Å². The largest absolute Gasteiger partial charge is 0.459 e. The van der Waals surface area contributed by atoms with Crippen LogP contribution >= 0.6 is 11.8 Å². The van der Waals surface area contributed by atoms with Gasteiger partial charge in [-0.3, -0.25) is 9.59 Å². The van der Waals surface area contributed by atoms with Crippen molar-refractivity contribution in [3.05, 3.63) is 84.3 Å². The van der Waals surface area contributed by atoms with Gasteiger partial charge in [-0.25, -0.2) is 4.68 Å². The Morgan fingerprint density at radius 3 is 2.57 bits per heavy atom. The number of aromatic nitrogens is 4. The van der Waals surface area contributed by atoms with E-state index in [2.05, 4.69) is 15.5 Å². The summed E-state index contributed by atoms with van der Waals surface area (Å²) in [6.45, 7) is 2.00. The second-order valence-electron chi connectivity index (χ2n) is 8.28. The third kappa shape index (κ3) is 4.44. The van der Waals surface area contributed by atoms with Crippen LogP contribution in [0.4, 0.5) is 11.4 Å². The molecule has 2 amide bonds. The first-order valence-electron chi connectivity index (χ1n) is 11.2. The Morgan fingerprint density at radius 2 is 1.86 bits per heavy atom. The van der Waals surface area contributed by atoms with Gasteiger partial charge in [0.15, 0.2) is 5.76 Å². The fourth-order valence-electron chi connectivity index (χ4n) is 4.48. The van der Waals surface area contributed by atoms with Crippen LogP contribution in [-0.4, -0.2) is 43.8 Å². The first kappa shape index (κ1) is 22.9. The number of amides is 2. The molecule has 10 heteroatoms. The number of aryl methyl sites for hydroxylation is 1. The van der Waals surface area contributed by atoms with Crippen molar-refractivity contribution >= 4 is 35.0 Å². The van der Waals surface area contributed by atoms with Gasteiger partial charge in [0.05, 0.1) is 18.1 Å². The van der Waals surface area contributed by atoms with Gasteiger partial charge in [0, 0.05) is 24.5 Å². The first-order chi connectivity index (χ1) is 17.0. The van der Waals surface area contributed by atoms with Crippen molar-refractivity contribution in [3.63, 3.8) is 0 Å². The van der Waals surface area contributed by atoms with Crippen molar-refractivity contribution < 1.29 is 14.0 Å². The molecule has 2 atom stereocenters. The summed E-state index contributed by atoms with van der Waals surface area (Å²) in [5, 5.41) is 12.0. The van der Waals surface area contributed by atoms with Crippen LogP contribution in [-0.2, 0) is 11.8 Å². The standard InChI is InChI=1S/C25H24N6O3S/c1-17-15-21(19-11-6-7-12-20(19)30(17)24(33)22-13-8-14-34-22)31(18-9-4-3-5-10-18)23(32)16-35-25-26-27-28-29(25)2/h3-14,17,21H,15-16H2,1-2H3/t17-,21-/m0/s1. The lowest BCUT2D eigenvalue weighted by Gasteiger charge is -2.43. The van der Waals surface area contributed by atoms with Gasteiger partial charge in [-0.05, 0) is 59.7 Å². The Labute approximate surface area is 206 Å². The third-order valence-electron chi connectivity index (χ3n) is 6.03. The molecule has 0 unspecified atom stereocenters. The fourth-order valence-corrected chi connectivity index (χ4v) is 5.19. The highest BCUT2D eigenvalue weighted by Gasteiger charge is 2.39. The van der Waals surface area contributed by atoms with Crippen molar-refractivity contribution in [1.82, 2.24) is 20.2 Å². The Kier molecular flexibility index (Phi) is 6.37. The SMILES string of the molecule is C[C@H]1C[C@H](N(C(=O)CSc2nnnn2C)c2ccccc2)c2ccccc2N1C(=O)c1ccco1. The topological polar surface area (TPSA) is 97.4 Å². The summed E-state index contributed by atoms with van der Waals surface area (Å²) in [6.07, 6.45) is 2.07. The lowest BCUT2D eigenvalue weighted by atomic mass is 9.89. The number of carbonyl (C=O) groups is 2. The van der Waals surface area contributed by atoms with E-state index in [0.717, 1.165) is 16.9 Å². The minimum Gasteiger partial charge on any atom is -0.459 e. The molecule has 1 aliphatic rings. The van der Waals surface area contributed by atoms with Gasteiger partial charge in [-0.1, -0.05) is 48.2 Å². The van der Waals surface area contributed by atoms with Crippen LogP contribution in [0.2, 0.25) is 0 Å². The summed E-state index contributed by atoms with van der Waals surface area (Å²) >= 11 is 1.29. The number of carbonyl (C=O) groups excluding carboxylic acids is 2. The van der Waals surface area contributed by atoms with Crippen LogP contribution < -0.4 is 9.80 Å². The molecule has 0 saturated heterocycles. The van der Waals surface area contributed by atoms with Crippen molar-refractivity contribution in [2.45, 2.75) is 30.6 Å². The molecular weight excluding hydrogens is 464 g/mol. The lowest BCUT2D eigenvalue weighted by molar-refractivity contribution is -0.116. The van der Waals surface area contributed by atoms with E-state index in [4.69, 9.17) is 4.42 Å². The van der Waals surface area contributed by atoms with Crippen LogP contribution in [0.25, 0.3) is 0 Å². The molecule has 0 spiro atoms. The van der Waals surface area contributed by atoms with E-state index in [1.807, 2.05) is 66.4 Å². The van der Waals surface area contributed by atoms with Gasteiger partial charge in [0.25, 0.3) is 5.91 Å². The number of nitrogens with zero attached hydrogens (tertiary/aromatic N) is 6. The number of fused-ring (bicyclic) bond motifs is 1. The number of anilines is 2. The number of tetrazole rings is 1. The number of benzene rings is 2. The highest BCUT2D eigenvalue weighted by Crippen LogP contribution is 2.43. The molecule has 9 nitrogen and oxygen atoms in total. The predicted octanol–water partition coefficient (Wildman–Crippen LogP) is 4.11. The monoisotopic (exact) mass is 488 g/mol. The highest BCUT2D eigenvalue weighted by molar-refractivity contribution is 7.99. The van der Waals surface area contributed by atoms with Crippen LogP contribution in [0.15, 0.2) is 82.6 Å². The van der Waals surface area contributed by atoms with Crippen LogP contribution in [0, 0.1) is 0 Å². The van der Waals surface area contributed by atoms with E-state index < -0.39 is 0 Å². The smallest absolute Gasteiger partial charge is 0.294 e. The summed E-state index contributed by atoms with van der Waals surface area (Å²) < 4.78 is 6.94. The summed E-state index contributed by atoms with van der Waals surface area (Å²) in [5.74, 6) is 0.193. The first-order valence-corrected chi connectivity index (χ1v) is 12.2. The van der Waals surface area contributed by atoms with Crippen LogP contribution in [0.3, 0.4) is 0 Å². The van der Waals surface area contributed by atoms with Crippen molar-refractivity contribution in [2.75, 3.05) is 15.6 Å². The summed E-state index contributed by atoms with van der Waals surface area (Å²) in [5.41, 5.74) is 2.48. The average Bonchev–Trinajstić information content (AvgIpc) is 3.55. The minimum atomic E-state index is -0.255. The molecule has 4 aromatic rings. The zero-order valence-electron chi connectivity index (χ0n) is 19.3. The Morgan fingerprint density at radius 1 is 1.09 bits per heavy atom. The van der Waals surface area contributed by atoms with Crippen molar-refractivity contribution in [3.8, 4) is 0 Å². The summed E-state index contributed by atoms with van der Waals surface area (Å²) in [7, 11) is 1.74. The van der Waals surface area contributed by atoms with E-state index in [9.17, 15) is 9.59 Å². The van der Waals surface area contributed by atoms with Gasteiger partial charge >= 0.3 is 0 Å². The molecule has 2 aromatic heterocycles. The molecule has 0 bridgehead atoms. The number of hydrogen-bond donors (Lipinski definition) is 0. The Balaban J connectivity index is 1.51. The maximum Gasteiger partial charge on any atom is 0.294 e. The van der Waals surface area contributed by atoms with E-state index in [1.165, 1.54) is 18.0 Å². The highest BCUT2D eigenvalue weighted by atomic mass is 32.2. The molecule has 0 aliphatic carbocycles. The van der Waals surface area contributed by atoms with Crippen molar-refractivity contribution in [2.24, 2.45) is 7.05 Å². The van der Waals surface area contributed by atoms with Gasteiger partial charge < -0.3 is 14.2 Å². The molecule has 178 valence electrons. The van der Waals surface area contributed by atoms with Gasteiger partial charge in [-0.2, -0.15) is 0 Å². The average molecular weight is 489 g/mol. The molecule has 0 N–H and O–H groups in total. The quantitative estimate of drug-likeness (QED) is 0.377. The molecule has 2 aromatic carbocycles. The summed E-state index contributed by atoms with van der Waals surface area (Å²) in [6, 6.07) is 20.3. The molecule has 35 heavy (non-hydrogen) atoms. The van der Waals surface area contributed by atoms with Crippen LogP contribution in [0.1, 0.15) is 35.5 Å². The molecule has 1 aliphatic heterocycles. The van der Waals surface area contributed by atoms with Gasteiger partial charge in [0.1, 0.15) is 0 Å². The van der Waals surface area contributed by atoms with Gasteiger partial charge in [-0.15, -0.1) is 5.10 Å². The molecule has 0 saturated carbocycles. The normalized spacial score (nSPS) is 17.1. The van der Waals surface area contributed by atoms with Crippen molar-refractivity contribution in [1.29, 1.82) is 0 Å². The third-order valence-corrected chi connectivity index (χ3v) is 7.03. The van der Waals surface area contributed by atoms with Crippen LogP contribution in [0.5, 0.6) is 0 Å². The fraction of sp³-hybridized carbons (Fsp3) is 0.240. The molecule has 0 radical (unpaired) electrons. The molecular formula is C25H24N6O3S. The van der Waals surface area contributed by atoms with E-state index >= 15 is 0 Å². The number of rotatable bonds is 6. The lowest BCUT2D eigenvalue weighted by Crippen LogP contribution is -2.48. The zero-order valence-corrected chi connectivity index (χ0v) is 20.1. The number of furan rings is 1. The Bertz CT molecular complexity index is 1320. The minimum absolute atomic E-state index is 0.0676. The predicted molar refractivity (Wildman–Crippen MR) is 132 cm³/mol. The maximum atomic E-state index is 13.7. The second-order valence-corrected chi connectivity index (χ2v) is 9.23. The second kappa shape index (κ2) is 9.75.